The Labute approximate surface area is 215 Å². The standard InChI is InChI=1S/C25H23N5O8/c1-9-14(10-6-8-13(36-2)23(37-3)20(10)31)15(26)19(29-17(9)25(34)30-35)12-7-5-11-18(28-12)22(33)16(27)24(38-4)21(11)32/h5-8,31-33H,26-27H2,1-4H3. The number of methoxy groups -OCH3 is 3. The summed E-state index contributed by atoms with van der Waals surface area (Å²) in [4.78, 5) is 32.2. The molecule has 0 unspecified atom stereocenters. The molecule has 0 bridgehead atoms. The topological polar surface area (TPSA) is 213 Å². The number of nitrogens with two attached hydrogens (primary N) is 2. The predicted octanol–water partition coefficient (Wildman–Crippen LogP) is 3.49. The number of carbonyl (C=O) groups is 1. The number of fused-ring (bicyclic) bond motifs is 1. The first-order valence-electron chi connectivity index (χ1n) is 10.9. The molecule has 2 aromatic carbocycles. The van der Waals surface area contributed by atoms with E-state index in [1.165, 1.54) is 52.5 Å². The van der Waals surface area contributed by atoms with Crippen LogP contribution in [0.3, 0.4) is 0 Å². The van der Waals surface area contributed by atoms with Gasteiger partial charge in [0.05, 0.1) is 32.7 Å². The first-order valence-corrected chi connectivity index (χ1v) is 10.9. The fourth-order valence-corrected chi connectivity index (χ4v) is 4.26. The van der Waals surface area contributed by atoms with Crippen molar-refractivity contribution in [2.45, 2.75) is 6.92 Å². The summed E-state index contributed by atoms with van der Waals surface area (Å²) in [5, 5.41) is 34.8. The fourth-order valence-electron chi connectivity index (χ4n) is 4.26. The van der Waals surface area contributed by atoms with E-state index in [4.69, 9.17) is 25.7 Å². The Morgan fingerprint density at radius 2 is 1.55 bits per heavy atom. The number of nitrogens with zero attached hydrogens (tertiary/aromatic N) is 3. The van der Waals surface area contributed by atoms with Gasteiger partial charge in [0.2, 0.25) is 5.75 Å². The van der Waals surface area contributed by atoms with Crippen LogP contribution in [-0.2, 0) is 0 Å². The van der Waals surface area contributed by atoms with E-state index in [9.17, 15) is 25.0 Å². The molecule has 0 aliphatic rings. The van der Waals surface area contributed by atoms with Crippen molar-refractivity contribution in [3.05, 3.63) is 40.4 Å². The van der Waals surface area contributed by atoms with Crippen molar-refractivity contribution in [1.82, 2.24) is 9.97 Å². The fraction of sp³-hybridized carbons (Fsp3) is 0.160. The van der Waals surface area contributed by atoms with E-state index < -0.39 is 11.7 Å². The van der Waals surface area contributed by atoms with Crippen LogP contribution in [0.5, 0.6) is 34.5 Å². The van der Waals surface area contributed by atoms with Crippen molar-refractivity contribution in [3.8, 4) is 57.0 Å². The van der Waals surface area contributed by atoms with Crippen LogP contribution in [0.1, 0.15) is 16.1 Å². The molecule has 196 valence electrons. The number of hydrogen-bond donors (Lipinski definition) is 5. The summed E-state index contributed by atoms with van der Waals surface area (Å²) in [5.74, 6) is -2.22. The van der Waals surface area contributed by atoms with Gasteiger partial charge in [-0.2, -0.15) is 0 Å². The maximum absolute atomic E-state index is 12.4. The zero-order valence-electron chi connectivity index (χ0n) is 20.7. The summed E-state index contributed by atoms with van der Waals surface area (Å²) in [6, 6.07) is 5.86. The van der Waals surface area contributed by atoms with Crippen molar-refractivity contribution in [1.29, 1.82) is 0 Å². The van der Waals surface area contributed by atoms with Gasteiger partial charge in [-0.05, 0) is 36.8 Å². The molecule has 7 N–H and O–H groups in total. The molecule has 1 amide bonds. The zero-order valence-corrected chi connectivity index (χ0v) is 20.7. The van der Waals surface area contributed by atoms with E-state index in [0.29, 0.717) is 0 Å². The van der Waals surface area contributed by atoms with Crippen molar-refractivity contribution < 1.29 is 34.3 Å². The van der Waals surface area contributed by atoms with Crippen LogP contribution in [0.15, 0.2) is 29.4 Å². The molecular formula is C25H23N5O8. The molecule has 0 saturated heterocycles. The average molecular weight is 521 g/mol. The third-order valence-electron chi connectivity index (χ3n) is 6.09. The Kier molecular flexibility index (Phi) is 6.51. The average Bonchev–Trinajstić information content (AvgIpc) is 2.92. The molecule has 0 fully saturated rings. The van der Waals surface area contributed by atoms with Crippen LogP contribution >= 0.6 is 0 Å². The number of aromatic nitrogens is 2. The van der Waals surface area contributed by atoms with Crippen LogP contribution in [0.4, 0.5) is 11.4 Å². The second-order valence-electron chi connectivity index (χ2n) is 8.05. The lowest BCUT2D eigenvalue weighted by atomic mass is 9.94. The number of amides is 1. The summed E-state index contributed by atoms with van der Waals surface area (Å²) in [6.45, 7) is 1.49. The predicted molar refractivity (Wildman–Crippen MR) is 139 cm³/mol. The third kappa shape index (κ3) is 3.77. The summed E-state index contributed by atoms with van der Waals surface area (Å²) < 4.78 is 15.6. The van der Waals surface area contributed by atoms with E-state index in [1.807, 2.05) is 0 Å². The molecule has 0 saturated carbocycles. The minimum Gasteiger partial charge on any atom is -0.504 e. The van der Waals surface area contributed by atoms with Crippen molar-refractivity contribution in [2.24, 2.45) is 5.18 Å². The van der Waals surface area contributed by atoms with Gasteiger partial charge in [-0.3, -0.25) is 4.79 Å². The quantitative estimate of drug-likeness (QED) is 0.107. The van der Waals surface area contributed by atoms with Gasteiger partial charge >= 0.3 is 5.91 Å². The number of aromatic hydroxyl groups is 3. The van der Waals surface area contributed by atoms with Crippen LogP contribution in [-0.4, -0.2) is 52.5 Å². The van der Waals surface area contributed by atoms with Crippen molar-refractivity contribution >= 4 is 28.2 Å². The minimum atomic E-state index is -1.18. The first-order chi connectivity index (χ1) is 18.1. The Bertz CT molecular complexity index is 1640. The molecule has 0 spiro atoms. The van der Waals surface area contributed by atoms with Gasteiger partial charge in [0.1, 0.15) is 22.6 Å². The highest BCUT2D eigenvalue weighted by Crippen LogP contribution is 2.49. The molecule has 0 aliphatic heterocycles. The number of carbonyl (C=O) groups excluding carboxylic acids is 1. The molecule has 0 atom stereocenters. The smallest absolute Gasteiger partial charge is 0.335 e. The lowest BCUT2D eigenvalue weighted by Gasteiger charge is -2.19. The minimum absolute atomic E-state index is 0.0113. The number of rotatable bonds is 6. The van der Waals surface area contributed by atoms with Gasteiger partial charge in [0, 0.05) is 21.7 Å². The summed E-state index contributed by atoms with van der Waals surface area (Å²) in [7, 11) is 4.01. The van der Waals surface area contributed by atoms with Crippen LogP contribution in [0, 0.1) is 11.8 Å². The monoisotopic (exact) mass is 521 g/mol. The first kappa shape index (κ1) is 25.8. The Morgan fingerprint density at radius 1 is 0.868 bits per heavy atom. The van der Waals surface area contributed by atoms with Crippen LogP contribution in [0.2, 0.25) is 0 Å². The lowest BCUT2D eigenvalue weighted by molar-refractivity contribution is 0.0995. The molecule has 13 nitrogen and oxygen atoms in total. The second-order valence-corrected chi connectivity index (χ2v) is 8.05. The number of anilines is 2. The van der Waals surface area contributed by atoms with Gasteiger partial charge in [0.15, 0.2) is 28.7 Å². The van der Waals surface area contributed by atoms with Gasteiger partial charge in [0.25, 0.3) is 0 Å². The number of pyridine rings is 2. The van der Waals surface area contributed by atoms with E-state index in [1.54, 1.807) is 0 Å². The van der Waals surface area contributed by atoms with E-state index in [-0.39, 0.29) is 84.8 Å². The van der Waals surface area contributed by atoms with Gasteiger partial charge in [-0.1, -0.05) is 0 Å². The van der Waals surface area contributed by atoms with Gasteiger partial charge in [-0.15, -0.1) is 4.91 Å². The number of ether oxygens (including phenoxy) is 3. The highest BCUT2D eigenvalue weighted by atomic mass is 16.5. The molecule has 4 aromatic rings. The van der Waals surface area contributed by atoms with Crippen molar-refractivity contribution in [3.63, 3.8) is 0 Å². The highest BCUT2D eigenvalue weighted by molar-refractivity contribution is 6.03. The van der Waals surface area contributed by atoms with E-state index in [2.05, 4.69) is 15.1 Å². The second kappa shape index (κ2) is 9.61. The highest BCUT2D eigenvalue weighted by Gasteiger charge is 2.27. The lowest BCUT2D eigenvalue weighted by Crippen LogP contribution is -2.09. The number of benzene rings is 2. The van der Waals surface area contributed by atoms with Gasteiger partial charge < -0.3 is 41.0 Å². The molecule has 38 heavy (non-hydrogen) atoms. The maximum Gasteiger partial charge on any atom is 0.335 e. The summed E-state index contributed by atoms with van der Waals surface area (Å²) in [5.41, 5.74) is 12.1. The maximum atomic E-state index is 12.4. The Balaban J connectivity index is 2.08. The summed E-state index contributed by atoms with van der Waals surface area (Å²) >= 11 is 0. The van der Waals surface area contributed by atoms with Crippen LogP contribution < -0.4 is 25.7 Å². The molecule has 13 heteroatoms. The van der Waals surface area contributed by atoms with Crippen LogP contribution in [0.25, 0.3) is 33.4 Å². The van der Waals surface area contributed by atoms with Gasteiger partial charge in [-0.25, -0.2) is 9.97 Å². The van der Waals surface area contributed by atoms with E-state index >= 15 is 0 Å². The summed E-state index contributed by atoms with van der Waals surface area (Å²) in [6.07, 6.45) is 0. The Hall–Kier alpha value is -5.33. The van der Waals surface area contributed by atoms with Crippen molar-refractivity contribution in [2.75, 3.05) is 32.8 Å². The molecule has 2 aromatic heterocycles. The molecule has 0 aliphatic carbocycles. The molecule has 4 rings (SSSR count). The number of phenols is 3. The molecular weight excluding hydrogens is 498 g/mol. The normalized spacial score (nSPS) is 10.8. The molecule has 0 radical (unpaired) electrons. The number of hydrogen-bond acceptors (Lipinski definition) is 12. The number of nitrogen functional groups attached to an aromatic ring is 2. The van der Waals surface area contributed by atoms with E-state index in [0.717, 1.165) is 0 Å². The largest absolute Gasteiger partial charge is 0.504 e. The molecule has 2 heterocycles. The SMILES string of the molecule is COc1ccc(-c2c(C)c(C(=O)N=O)nc(-c3ccc4c(O)c(OC)c(N)c(O)c4n3)c2N)c(O)c1OC. The number of nitroso groups, excluding NO2 is 1. The number of phenolic OH excluding ortho intramolecular Hbond substituents is 3. The zero-order chi connectivity index (χ0) is 27.9. The Morgan fingerprint density at radius 3 is 2.16 bits per heavy atom. The third-order valence-corrected chi connectivity index (χ3v) is 6.09.